The zero-order valence-corrected chi connectivity index (χ0v) is 22.9. The zero-order valence-electron chi connectivity index (χ0n) is 22.9. The van der Waals surface area contributed by atoms with Crippen LogP contribution in [0.15, 0.2) is 25.3 Å². The number of aliphatic hydroxyl groups excluding tert-OH is 1. The van der Waals surface area contributed by atoms with Crippen LogP contribution in [0, 0.1) is 17.8 Å². The Morgan fingerprint density at radius 2 is 2.03 bits per heavy atom. The van der Waals surface area contributed by atoms with E-state index in [4.69, 9.17) is 9.47 Å². The van der Waals surface area contributed by atoms with Gasteiger partial charge in [-0.15, -0.1) is 13.2 Å². The fourth-order valence-corrected chi connectivity index (χ4v) is 6.48. The van der Waals surface area contributed by atoms with Gasteiger partial charge in [0.1, 0.15) is 11.6 Å². The molecule has 1 spiro atoms. The Kier molecular flexibility index (Phi) is 10.4. The van der Waals surface area contributed by atoms with Gasteiger partial charge in [0.2, 0.25) is 11.8 Å². The number of hydrogen-bond donors (Lipinski definition) is 1. The molecule has 3 fully saturated rings. The van der Waals surface area contributed by atoms with E-state index in [0.29, 0.717) is 32.4 Å². The van der Waals surface area contributed by atoms with Gasteiger partial charge >= 0.3 is 5.97 Å². The third-order valence-corrected chi connectivity index (χ3v) is 8.08. The van der Waals surface area contributed by atoms with E-state index in [0.717, 1.165) is 32.1 Å². The summed E-state index contributed by atoms with van der Waals surface area (Å²) < 4.78 is 12.1. The number of rotatable bonds is 16. The number of carbonyl (C=O) groups is 3. The van der Waals surface area contributed by atoms with E-state index in [-0.39, 0.29) is 30.9 Å². The molecule has 0 radical (unpaired) electrons. The number of ether oxygens (including phenoxy) is 2. The highest BCUT2D eigenvalue weighted by Crippen LogP contribution is 2.59. The van der Waals surface area contributed by atoms with Crippen molar-refractivity contribution in [2.45, 2.75) is 95.9 Å². The Hall–Kier alpha value is -2.19. The lowest BCUT2D eigenvalue weighted by Gasteiger charge is -2.39. The van der Waals surface area contributed by atoms with Gasteiger partial charge in [0.15, 0.2) is 0 Å². The molecular formula is C29H46N2O6. The van der Waals surface area contributed by atoms with Crippen molar-refractivity contribution in [3.63, 3.8) is 0 Å². The molecule has 3 saturated heterocycles. The highest BCUT2D eigenvalue weighted by atomic mass is 16.6. The van der Waals surface area contributed by atoms with E-state index in [9.17, 15) is 19.5 Å². The molecule has 3 rings (SSSR count). The monoisotopic (exact) mass is 518 g/mol. The second-order valence-electron chi connectivity index (χ2n) is 11.1. The summed E-state index contributed by atoms with van der Waals surface area (Å²) in [7, 11) is 0. The Morgan fingerprint density at radius 3 is 2.65 bits per heavy atom. The van der Waals surface area contributed by atoms with Crippen molar-refractivity contribution >= 4 is 17.8 Å². The molecule has 8 nitrogen and oxygen atoms in total. The van der Waals surface area contributed by atoms with Gasteiger partial charge < -0.3 is 24.4 Å². The number of nitrogens with zero attached hydrogens (tertiary/aromatic N) is 2. The molecule has 0 saturated carbocycles. The highest BCUT2D eigenvalue weighted by molar-refractivity contribution is 5.98. The largest absolute Gasteiger partial charge is 0.465 e. The average Bonchev–Trinajstić information content (AvgIpc) is 3.51. The van der Waals surface area contributed by atoms with Gasteiger partial charge in [-0.1, -0.05) is 39.3 Å². The second-order valence-corrected chi connectivity index (χ2v) is 11.1. The molecule has 2 unspecified atom stereocenters. The molecule has 2 bridgehead atoms. The number of carbonyl (C=O) groups excluding carboxylic acids is 3. The van der Waals surface area contributed by atoms with Crippen molar-refractivity contribution in [2.75, 3.05) is 26.3 Å². The fourth-order valence-electron chi connectivity index (χ4n) is 6.48. The molecule has 6 atom stereocenters. The maximum Gasteiger partial charge on any atom is 0.312 e. The Morgan fingerprint density at radius 1 is 1.27 bits per heavy atom. The Bertz CT molecular complexity index is 844. The van der Waals surface area contributed by atoms with Gasteiger partial charge in [0.05, 0.1) is 37.2 Å². The van der Waals surface area contributed by atoms with Gasteiger partial charge in [-0.2, -0.15) is 0 Å². The third kappa shape index (κ3) is 5.80. The van der Waals surface area contributed by atoms with Crippen LogP contribution in [0.25, 0.3) is 0 Å². The van der Waals surface area contributed by atoms with E-state index >= 15 is 0 Å². The van der Waals surface area contributed by atoms with E-state index in [2.05, 4.69) is 20.1 Å². The molecule has 3 aliphatic rings. The van der Waals surface area contributed by atoms with Crippen LogP contribution in [0.4, 0.5) is 0 Å². The lowest BCUT2D eigenvalue weighted by atomic mass is 9.70. The topological polar surface area (TPSA) is 96.4 Å². The van der Waals surface area contributed by atoms with Crippen LogP contribution in [-0.2, 0) is 23.9 Å². The SMILES string of the molecule is C=CCCCCOC(=O)[C@@H]1[C@H]2C(=O)N([C@@H](CO)CC(C)C)C(C(=O)N(CC=C)CCCC)C23CC[C@H]1O3. The van der Waals surface area contributed by atoms with Crippen LogP contribution in [0.5, 0.6) is 0 Å². The molecule has 0 aromatic heterocycles. The normalized spacial score (nSPS) is 28.9. The van der Waals surface area contributed by atoms with Gasteiger partial charge in [-0.25, -0.2) is 0 Å². The van der Waals surface area contributed by atoms with Crippen molar-refractivity contribution in [3.8, 4) is 0 Å². The molecule has 208 valence electrons. The fraction of sp³-hybridized carbons (Fsp3) is 0.759. The first-order valence-corrected chi connectivity index (χ1v) is 14.0. The number of likely N-dealkylation sites (tertiary alicyclic amines) is 1. The standard InChI is InChI=1S/C29H46N2O6/c1-6-9-11-12-17-36-28(35)23-22-13-14-29(37-22)24(23)26(33)31(21(19-32)18-20(4)5)25(29)27(34)30(15-8-3)16-10-7-2/h6,8,20-25,32H,1,3,7,9-19H2,2,4-5H3/t21-,22-,23+,24+,25?,29?/m1/s1. The maximum atomic E-state index is 14.2. The quantitative estimate of drug-likeness (QED) is 0.191. The van der Waals surface area contributed by atoms with E-state index in [1.807, 2.05) is 19.9 Å². The third-order valence-electron chi connectivity index (χ3n) is 8.08. The summed E-state index contributed by atoms with van der Waals surface area (Å²) in [6.45, 7) is 14.6. The number of allylic oxidation sites excluding steroid dienone is 1. The average molecular weight is 519 g/mol. The maximum absolute atomic E-state index is 14.2. The molecular weight excluding hydrogens is 472 g/mol. The lowest BCUT2D eigenvalue weighted by Crippen LogP contribution is -2.59. The van der Waals surface area contributed by atoms with Crippen LogP contribution in [0.3, 0.4) is 0 Å². The molecule has 8 heteroatoms. The first kappa shape index (κ1) is 29.4. The number of amides is 2. The van der Waals surface area contributed by atoms with Gasteiger partial charge in [-0.3, -0.25) is 14.4 Å². The van der Waals surface area contributed by atoms with E-state index < -0.39 is 41.6 Å². The number of fused-ring (bicyclic) bond motifs is 1. The van der Waals surface area contributed by atoms with Gasteiger partial charge in [0.25, 0.3) is 0 Å². The zero-order chi connectivity index (χ0) is 27.2. The molecule has 1 N–H and O–H groups in total. The number of hydrogen-bond acceptors (Lipinski definition) is 6. The minimum Gasteiger partial charge on any atom is -0.465 e. The first-order chi connectivity index (χ1) is 17.8. The van der Waals surface area contributed by atoms with Crippen molar-refractivity contribution < 1.29 is 29.0 Å². The van der Waals surface area contributed by atoms with Gasteiger partial charge in [0, 0.05) is 13.1 Å². The second kappa shape index (κ2) is 13.1. The molecule has 3 heterocycles. The minimum atomic E-state index is -1.08. The summed E-state index contributed by atoms with van der Waals surface area (Å²) in [5, 5.41) is 10.4. The van der Waals surface area contributed by atoms with E-state index in [1.165, 1.54) is 0 Å². The number of esters is 1. The minimum absolute atomic E-state index is 0.189. The molecule has 37 heavy (non-hydrogen) atoms. The van der Waals surface area contributed by atoms with Crippen LogP contribution in [0.1, 0.15) is 72.1 Å². The molecule has 0 aliphatic carbocycles. The lowest BCUT2D eigenvalue weighted by molar-refractivity contribution is -0.157. The van der Waals surface area contributed by atoms with Crippen LogP contribution < -0.4 is 0 Å². The molecule has 0 aromatic carbocycles. The highest BCUT2D eigenvalue weighted by Gasteiger charge is 2.75. The summed E-state index contributed by atoms with van der Waals surface area (Å²) in [5.41, 5.74) is -1.08. The summed E-state index contributed by atoms with van der Waals surface area (Å²) in [6.07, 6.45) is 8.98. The van der Waals surface area contributed by atoms with Crippen LogP contribution in [-0.4, -0.2) is 82.8 Å². The smallest absolute Gasteiger partial charge is 0.312 e. The predicted molar refractivity (Wildman–Crippen MR) is 141 cm³/mol. The van der Waals surface area contributed by atoms with Crippen molar-refractivity contribution in [2.24, 2.45) is 17.8 Å². The summed E-state index contributed by atoms with van der Waals surface area (Å²) >= 11 is 0. The molecule has 2 amide bonds. The van der Waals surface area contributed by atoms with Crippen molar-refractivity contribution in [1.82, 2.24) is 9.80 Å². The number of aliphatic hydroxyl groups is 1. The van der Waals surface area contributed by atoms with Gasteiger partial charge in [-0.05, 0) is 50.9 Å². The van der Waals surface area contributed by atoms with Crippen LogP contribution >= 0.6 is 0 Å². The van der Waals surface area contributed by atoms with E-state index in [1.54, 1.807) is 15.9 Å². The Labute approximate surface area is 222 Å². The van der Waals surface area contributed by atoms with Crippen molar-refractivity contribution in [1.29, 1.82) is 0 Å². The molecule has 3 aliphatic heterocycles. The number of unbranched alkanes of at least 4 members (excludes halogenated alkanes) is 3. The first-order valence-electron chi connectivity index (χ1n) is 14.0. The summed E-state index contributed by atoms with van der Waals surface area (Å²) in [6, 6.07) is -1.41. The molecule has 0 aromatic rings. The van der Waals surface area contributed by atoms with Crippen molar-refractivity contribution in [3.05, 3.63) is 25.3 Å². The summed E-state index contributed by atoms with van der Waals surface area (Å²) in [4.78, 5) is 44.9. The van der Waals surface area contributed by atoms with Crippen LogP contribution in [0.2, 0.25) is 0 Å². The predicted octanol–water partition coefficient (Wildman–Crippen LogP) is 3.48. The summed E-state index contributed by atoms with van der Waals surface area (Å²) in [5.74, 6) is -2.19. The Balaban J connectivity index is 1.95.